The summed E-state index contributed by atoms with van der Waals surface area (Å²) in [4.78, 5) is 25.8. The van der Waals surface area contributed by atoms with E-state index in [0.29, 0.717) is 30.3 Å². The van der Waals surface area contributed by atoms with Crippen LogP contribution in [0.3, 0.4) is 0 Å². The number of hydrogen-bond donors (Lipinski definition) is 1. The van der Waals surface area contributed by atoms with Gasteiger partial charge in [-0.2, -0.15) is 0 Å². The van der Waals surface area contributed by atoms with E-state index < -0.39 is 6.04 Å². The molecule has 6 heteroatoms. The van der Waals surface area contributed by atoms with Gasteiger partial charge in [-0.3, -0.25) is 9.59 Å². The number of hydrogen-bond acceptors (Lipinski definition) is 3. The molecule has 1 heterocycles. The normalized spacial score (nSPS) is 15.8. The molecule has 0 saturated heterocycles. The number of benzene rings is 2. The van der Waals surface area contributed by atoms with E-state index >= 15 is 0 Å². The first-order valence-electron chi connectivity index (χ1n) is 8.12. The molecule has 2 amide bonds. The zero-order chi connectivity index (χ0) is 17.8. The van der Waals surface area contributed by atoms with Crippen LogP contribution in [0.1, 0.15) is 24.9 Å². The minimum absolute atomic E-state index is 0.169. The Bertz CT molecular complexity index is 779. The third-order valence-corrected chi connectivity index (χ3v) is 4.30. The molecule has 0 fully saturated rings. The van der Waals surface area contributed by atoms with Crippen LogP contribution >= 0.6 is 11.6 Å². The van der Waals surface area contributed by atoms with E-state index in [-0.39, 0.29) is 11.8 Å². The minimum atomic E-state index is -0.679. The van der Waals surface area contributed by atoms with E-state index in [2.05, 4.69) is 5.32 Å². The summed E-state index contributed by atoms with van der Waals surface area (Å²) in [5, 5.41) is 3.20. The van der Waals surface area contributed by atoms with Gasteiger partial charge in [-0.25, -0.2) is 0 Å². The maximum atomic E-state index is 12.7. The maximum Gasteiger partial charge on any atom is 0.254 e. The molecule has 0 radical (unpaired) electrons. The van der Waals surface area contributed by atoms with Gasteiger partial charge in [0.15, 0.2) is 0 Å². The summed E-state index contributed by atoms with van der Waals surface area (Å²) in [5.41, 5.74) is 1.41. The van der Waals surface area contributed by atoms with Crippen molar-refractivity contribution in [3.8, 4) is 5.75 Å². The highest BCUT2D eigenvalue weighted by molar-refractivity contribution is 6.34. The molecule has 3 rings (SSSR count). The molecule has 2 aromatic rings. The second kappa shape index (κ2) is 7.57. The van der Waals surface area contributed by atoms with Crippen molar-refractivity contribution in [2.24, 2.45) is 0 Å². The highest BCUT2D eigenvalue weighted by Crippen LogP contribution is 2.40. The highest BCUT2D eigenvalue weighted by Gasteiger charge is 2.38. The van der Waals surface area contributed by atoms with Crippen molar-refractivity contribution >= 4 is 29.1 Å². The van der Waals surface area contributed by atoms with Crippen LogP contribution in [0.2, 0.25) is 5.02 Å². The Kier molecular flexibility index (Phi) is 5.24. The second-order valence-corrected chi connectivity index (χ2v) is 6.22. The smallest absolute Gasteiger partial charge is 0.254 e. The van der Waals surface area contributed by atoms with Crippen LogP contribution in [-0.4, -0.2) is 25.0 Å². The van der Waals surface area contributed by atoms with E-state index in [1.807, 2.05) is 36.4 Å². The molecule has 0 saturated carbocycles. The zero-order valence-electron chi connectivity index (χ0n) is 13.9. The number of halogens is 1. The van der Waals surface area contributed by atoms with Gasteiger partial charge in [0.25, 0.3) is 5.91 Å². The summed E-state index contributed by atoms with van der Waals surface area (Å²) < 4.78 is 5.67. The van der Waals surface area contributed by atoms with Gasteiger partial charge in [-0.1, -0.05) is 41.9 Å². The number of carbonyl (C=O) groups is 2. The summed E-state index contributed by atoms with van der Waals surface area (Å²) in [6.07, 6.45) is 0.651. The molecule has 0 aliphatic carbocycles. The molecule has 1 atom stereocenters. The molecule has 2 aromatic carbocycles. The van der Waals surface area contributed by atoms with Crippen LogP contribution in [0.15, 0.2) is 48.5 Å². The van der Waals surface area contributed by atoms with Crippen molar-refractivity contribution in [1.29, 1.82) is 0 Å². The van der Waals surface area contributed by atoms with Crippen LogP contribution < -0.4 is 15.0 Å². The van der Waals surface area contributed by atoms with E-state index in [0.717, 1.165) is 11.3 Å². The fraction of sp³-hybridized carbons (Fsp3) is 0.263. The quantitative estimate of drug-likeness (QED) is 0.806. The lowest BCUT2D eigenvalue weighted by Gasteiger charge is -2.19. The van der Waals surface area contributed by atoms with E-state index in [4.69, 9.17) is 16.3 Å². The second-order valence-electron chi connectivity index (χ2n) is 5.82. The summed E-state index contributed by atoms with van der Waals surface area (Å²) in [6.45, 7) is 2.35. The van der Waals surface area contributed by atoms with E-state index in [9.17, 15) is 9.59 Å². The Hall–Kier alpha value is -2.53. The van der Waals surface area contributed by atoms with E-state index in [1.54, 1.807) is 17.0 Å². The first kappa shape index (κ1) is 17.3. The van der Waals surface area contributed by atoms with Crippen molar-refractivity contribution in [3.05, 3.63) is 59.1 Å². The van der Waals surface area contributed by atoms with Crippen molar-refractivity contribution < 1.29 is 14.3 Å². The number of rotatable bonds is 6. The predicted molar refractivity (Wildman–Crippen MR) is 96.9 cm³/mol. The van der Waals surface area contributed by atoms with Crippen LogP contribution in [0, 0.1) is 0 Å². The molecule has 5 nitrogen and oxygen atoms in total. The fourth-order valence-electron chi connectivity index (χ4n) is 2.94. The van der Waals surface area contributed by atoms with Crippen LogP contribution in [0.5, 0.6) is 5.75 Å². The number of para-hydroxylation sites is 2. The van der Waals surface area contributed by atoms with E-state index in [1.165, 1.54) is 6.92 Å². The van der Waals surface area contributed by atoms with Crippen LogP contribution in [0.4, 0.5) is 5.69 Å². The van der Waals surface area contributed by atoms with Gasteiger partial charge in [0.05, 0.1) is 17.3 Å². The third kappa shape index (κ3) is 3.77. The summed E-state index contributed by atoms with van der Waals surface area (Å²) in [7, 11) is 0. The number of nitrogens with zero attached hydrogens (tertiary/aromatic N) is 1. The van der Waals surface area contributed by atoms with Crippen LogP contribution in [-0.2, 0) is 9.59 Å². The zero-order valence-corrected chi connectivity index (χ0v) is 14.6. The molecular weight excluding hydrogens is 340 g/mol. The minimum Gasteiger partial charge on any atom is -0.494 e. The number of ether oxygens (including phenoxy) is 1. The summed E-state index contributed by atoms with van der Waals surface area (Å²) in [6, 6.07) is 14.2. The van der Waals surface area contributed by atoms with Crippen molar-refractivity contribution in [2.45, 2.75) is 19.4 Å². The molecule has 0 spiro atoms. The molecule has 1 aliphatic heterocycles. The molecule has 130 valence electrons. The first-order chi connectivity index (χ1) is 12.1. The largest absolute Gasteiger partial charge is 0.494 e. The first-order valence-corrected chi connectivity index (χ1v) is 8.50. The third-order valence-electron chi connectivity index (χ3n) is 4.00. The number of nitrogens with one attached hydrogen (secondary N) is 1. The maximum absolute atomic E-state index is 12.7. The lowest BCUT2D eigenvalue weighted by atomic mass is 10.1. The summed E-state index contributed by atoms with van der Waals surface area (Å²) >= 11 is 6.30. The van der Waals surface area contributed by atoms with Gasteiger partial charge in [-0.15, -0.1) is 0 Å². The Morgan fingerprint density at radius 1 is 1.20 bits per heavy atom. The van der Waals surface area contributed by atoms with Gasteiger partial charge in [0, 0.05) is 19.0 Å². The van der Waals surface area contributed by atoms with Gasteiger partial charge in [-0.05, 0) is 24.6 Å². The molecule has 0 bridgehead atoms. The summed E-state index contributed by atoms with van der Waals surface area (Å²) in [5.74, 6) is 0.376. The monoisotopic (exact) mass is 358 g/mol. The standard InChI is InChI=1S/C19H19ClN2O3/c1-13(23)21-17-15-9-5-10-16(20)18(15)22(19(17)24)11-6-12-25-14-7-3-2-4-8-14/h2-5,7-10,17H,6,11-12H2,1H3,(H,21,23)/t17-/m0/s1. The number of carbonyl (C=O) groups excluding carboxylic acids is 2. The molecule has 0 unspecified atom stereocenters. The average Bonchev–Trinajstić information content (AvgIpc) is 2.86. The molecular formula is C19H19ClN2O3. The Balaban J connectivity index is 1.69. The number of amides is 2. The average molecular weight is 359 g/mol. The van der Waals surface area contributed by atoms with Gasteiger partial charge in [0.2, 0.25) is 5.91 Å². The number of fused-ring (bicyclic) bond motifs is 1. The van der Waals surface area contributed by atoms with Crippen molar-refractivity contribution in [1.82, 2.24) is 5.32 Å². The van der Waals surface area contributed by atoms with Gasteiger partial charge >= 0.3 is 0 Å². The molecule has 0 aromatic heterocycles. The molecule has 1 aliphatic rings. The van der Waals surface area contributed by atoms with Crippen LogP contribution in [0.25, 0.3) is 0 Å². The molecule has 1 N–H and O–H groups in total. The Labute approximate surface area is 151 Å². The predicted octanol–water partition coefficient (Wildman–Crippen LogP) is 3.33. The van der Waals surface area contributed by atoms with Crippen molar-refractivity contribution in [3.63, 3.8) is 0 Å². The van der Waals surface area contributed by atoms with Crippen molar-refractivity contribution in [2.75, 3.05) is 18.1 Å². The lowest BCUT2D eigenvalue weighted by Crippen LogP contribution is -2.37. The SMILES string of the molecule is CC(=O)N[C@@H]1C(=O)N(CCCOc2ccccc2)c2c(Cl)cccc21. The fourth-order valence-corrected chi connectivity index (χ4v) is 3.23. The Morgan fingerprint density at radius 3 is 2.68 bits per heavy atom. The Morgan fingerprint density at radius 2 is 1.96 bits per heavy atom. The number of anilines is 1. The highest BCUT2D eigenvalue weighted by atomic mass is 35.5. The lowest BCUT2D eigenvalue weighted by molar-refractivity contribution is -0.126. The topological polar surface area (TPSA) is 58.6 Å². The van der Waals surface area contributed by atoms with Gasteiger partial charge < -0.3 is 15.0 Å². The van der Waals surface area contributed by atoms with Gasteiger partial charge in [0.1, 0.15) is 11.8 Å². The molecule has 25 heavy (non-hydrogen) atoms.